The van der Waals surface area contributed by atoms with Crippen molar-refractivity contribution in [2.24, 2.45) is 5.41 Å². The highest BCUT2D eigenvalue weighted by atomic mass is 16.4. The number of nitrogens with zero attached hydrogens (tertiary/aromatic N) is 1. The fourth-order valence-corrected chi connectivity index (χ4v) is 2.02. The van der Waals surface area contributed by atoms with Gasteiger partial charge in [0, 0.05) is 13.6 Å². The molecule has 1 aliphatic carbocycles. The van der Waals surface area contributed by atoms with Crippen LogP contribution >= 0.6 is 0 Å². The van der Waals surface area contributed by atoms with Crippen molar-refractivity contribution in [2.75, 3.05) is 20.1 Å². The second-order valence-electron chi connectivity index (χ2n) is 4.64. The van der Waals surface area contributed by atoms with E-state index in [0.29, 0.717) is 6.54 Å². The minimum atomic E-state index is -0.809. The first-order chi connectivity index (χ1) is 7.99. The summed E-state index contributed by atoms with van der Waals surface area (Å²) in [5.41, 5.74) is -0.252. The Morgan fingerprint density at radius 2 is 2.18 bits per heavy atom. The SMILES string of the molecule is C#CCN(C)C(=O)NCC1(CC(=O)O)CCC1. The van der Waals surface area contributed by atoms with Gasteiger partial charge in [0.15, 0.2) is 0 Å². The van der Waals surface area contributed by atoms with Gasteiger partial charge in [0.2, 0.25) is 0 Å². The number of nitrogens with one attached hydrogen (secondary N) is 1. The van der Waals surface area contributed by atoms with Gasteiger partial charge in [-0.1, -0.05) is 12.3 Å². The Kier molecular flexibility index (Phi) is 4.38. The Balaban J connectivity index is 2.40. The molecule has 2 amide bonds. The first kappa shape index (κ1) is 13.4. The average molecular weight is 238 g/mol. The lowest BCUT2D eigenvalue weighted by molar-refractivity contribution is -0.141. The van der Waals surface area contributed by atoms with Crippen molar-refractivity contribution in [1.82, 2.24) is 10.2 Å². The van der Waals surface area contributed by atoms with Crippen LogP contribution in [0, 0.1) is 17.8 Å². The minimum absolute atomic E-state index is 0.117. The minimum Gasteiger partial charge on any atom is -0.481 e. The number of urea groups is 1. The van der Waals surface area contributed by atoms with E-state index in [1.807, 2.05) is 0 Å². The maximum absolute atomic E-state index is 11.6. The summed E-state index contributed by atoms with van der Waals surface area (Å²) in [6.45, 7) is 0.658. The number of carbonyl (C=O) groups excluding carboxylic acids is 1. The molecule has 0 aromatic carbocycles. The molecule has 17 heavy (non-hydrogen) atoms. The molecule has 5 nitrogen and oxygen atoms in total. The van der Waals surface area contributed by atoms with Crippen LogP contribution in [0.3, 0.4) is 0 Å². The Bertz CT molecular complexity index is 342. The maximum atomic E-state index is 11.6. The van der Waals surface area contributed by atoms with Crippen molar-refractivity contribution in [2.45, 2.75) is 25.7 Å². The summed E-state index contributed by atoms with van der Waals surface area (Å²) in [5.74, 6) is 1.57. The summed E-state index contributed by atoms with van der Waals surface area (Å²) in [6, 6.07) is -0.250. The van der Waals surface area contributed by atoms with E-state index in [4.69, 9.17) is 11.5 Å². The summed E-state index contributed by atoms with van der Waals surface area (Å²) in [6.07, 6.45) is 7.97. The van der Waals surface area contributed by atoms with Crippen LogP contribution in [0.15, 0.2) is 0 Å². The van der Waals surface area contributed by atoms with E-state index in [-0.39, 0.29) is 24.4 Å². The zero-order valence-electron chi connectivity index (χ0n) is 10.0. The zero-order chi connectivity index (χ0) is 12.9. The highest BCUT2D eigenvalue weighted by molar-refractivity contribution is 5.74. The lowest BCUT2D eigenvalue weighted by atomic mass is 9.66. The van der Waals surface area contributed by atoms with Crippen LogP contribution in [0.1, 0.15) is 25.7 Å². The topological polar surface area (TPSA) is 69.6 Å². The largest absolute Gasteiger partial charge is 0.481 e. The third kappa shape index (κ3) is 3.66. The first-order valence-corrected chi connectivity index (χ1v) is 5.63. The smallest absolute Gasteiger partial charge is 0.317 e. The van der Waals surface area contributed by atoms with Crippen LogP contribution in [0.25, 0.3) is 0 Å². The summed E-state index contributed by atoms with van der Waals surface area (Å²) in [5, 5.41) is 11.6. The molecule has 1 fully saturated rings. The predicted molar refractivity (Wildman–Crippen MR) is 63.4 cm³/mol. The number of carboxylic acid groups (broad SMARTS) is 1. The van der Waals surface area contributed by atoms with Gasteiger partial charge in [-0.3, -0.25) is 4.79 Å². The van der Waals surface area contributed by atoms with Crippen LogP contribution < -0.4 is 5.32 Å². The van der Waals surface area contributed by atoms with E-state index in [2.05, 4.69) is 11.2 Å². The van der Waals surface area contributed by atoms with Crippen molar-refractivity contribution < 1.29 is 14.7 Å². The van der Waals surface area contributed by atoms with Gasteiger partial charge in [0.25, 0.3) is 0 Å². The molecule has 0 aromatic heterocycles. The number of carbonyl (C=O) groups is 2. The van der Waals surface area contributed by atoms with Gasteiger partial charge < -0.3 is 15.3 Å². The third-order valence-corrected chi connectivity index (χ3v) is 3.23. The fraction of sp³-hybridized carbons (Fsp3) is 0.667. The Morgan fingerprint density at radius 1 is 1.53 bits per heavy atom. The monoisotopic (exact) mass is 238 g/mol. The van der Waals surface area contributed by atoms with Gasteiger partial charge in [-0.2, -0.15) is 0 Å². The number of hydrogen-bond acceptors (Lipinski definition) is 2. The molecule has 0 spiro atoms. The summed E-state index contributed by atoms with van der Waals surface area (Å²) >= 11 is 0. The maximum Gasteiger partial charge on any atom is 0.317 e. The number of terminal acetylenes is 1. The molecule has 1 saturated carbocycles. The molecule has 94 valence electrons. The average Bonchev–Trinajstić information content (AvgIpc) is 2.21. The molecule has 0 radical (unpaired) electrons. The van der Waals surface area contributed by atoms with Crippen LogP contribution in [-0.2, 0) is 4.79 Å². The standard InChI is InChI=1S/C12H18N2O3/c1-3-7-14(2)11(17)13-9-12(5-4-6-12)8-10(15)16/h1H,4-9H2,2H3,(H,13,17)(H,15,16). The van der Waals surface area contributed by atoms with Crippen molar-refractivity contribution in [3.63, 3.8) is 0 Å². The van der Waals surface area contributed by atoms with E-state index in [1.54, 1.807) is 7.05 Å². The van der Waals surface area contributed by atoms with Gasteiger partial charge in [0.1, 0.15) is 0 Å². The molecule has 2 N–H and O–H groups in total. The van der Waals surface area contributed by atoms with Gasteiger partial charge in [-0.05, 0) is 18.3 Å². The second-order valence-corrected chi connectivity index (χ2v) is 4.64. The molecule has 1 aliphatic rings. The van der Waals surface area contributed by atoms with E-state index in [0.717, 1.165) is 19.3 Å². The molecule has 0 heterocycles. The van der Waals surface area contributed by atoms with Crippen molar-refractivity contribution in [3.8, 4) is 12.3 Å². The molecular weight excluding hydrogens is 220 g/mol. The second kappa shape index (κ2) is 5.58. The van der Waals surface area contributed by atoms with Gasteiger partial charge in [-0.15, -0.1) is 6.42 Å². The highest BCUT2D eigenvalue weighted by Crippen LogP contribution is 2.43. The summed E-state index contributed by atoms with van der Waals surface area (Å²) in [7, 11) is 1.61. The number of aliphatic carboxylic acids is 1. The molecule has 0 aliphatic heterocycles. The summed E-state index contributed by atoms with van der Waals surface area (Å²) < 4.78 is 0. The highest BCUT2D eigenvalue weighted by Gasteiger charge is 2.39. The third-order valence-electron chi connectivity index (χ3n) is 3.23. The van der Waals surface area contributed by atoms with E-state index in [1.165, 1.54) is 4.90 Å². The fourth-order valence-electron chi connectivity index (χ4n) is 2.02. The molecule has 5 heteroatoms. The predicted octanol–water partition coefficient (Wildman–Crippen LogP) is 0.906. The first-order valence-electron chi connectivity index (χ1n) is 5.63. The van der Waals surface area contributed by atoms with Gasteiger partial charge in [0.05, 0.1) is 13.0 Å². The molecule has 1 rings (SSSR count). The molecule has 0 bridgehead atoms. The molecular formula is C12H18N2O3. The van der Waals surface area contributed by atoms with E-state index < -0.39 is 5.97 Å². The number of amides is 2. The van der Waals surface area contributed by atoms with Crippen molar-refractivity contribution >= 4 is 12.0 Å². The molecule has 0 saturated heterocycles. The lowest BCUT2D eigenvalue weighted by Gasteiger charge is -2.41. The number of carboxylic acids is 1. The number of rotatable bonds is 5. The van der Waals surface area contributed by atoms with Crippen LogP contribution in [0.5, 0.6) is 0 Å². The van der Waals surface area contributed by atoms with E-state index >= 15 is 0 Å². The Hall–Kier alpha value is -1.70. The molecule has 0 aromatic rings. The normalized spacial score (nSPS) is 16.5. The van der Waals surface area contributed by atoms with Gasteiger partial charge >= 0.3 is 12.0 Å². The van der Waals surface area contributed by atoms with Gasteiger partial charge in [-0.25, -0.2) is 4.79 Å². The van der Waals surface area contributed by atoms with Crippen LogP contribution in [0.2, 0.25) is 0 Å². The Morgan fingerprint density at radius 3 is 2.59 bits per heavy atom. The number of hydrogen-bond donors (Lipinski definition) is 2. The zero-order valence-corrected chi connectivity index (χ0v) is 10.0. The molecule has 0 atom stereocenters. The quantitative estimate of drug-likeness (QED) is 0.699. The van der Waals surface area contributed by atoms with Crippen LogP contribution in [0.4, 0.5) is 4.79 Å². The lowest BCUT2D eigenvalue weighted by Crippen LogP contribution is -2.47. The summed E-state index contributed by atoms with van der Waals surface area (Å²) in [4.78, 5) is 23.7. The van der Waals surface area contributed by atoms with Crippen LogP contribution in [-0.4, -0.2) is 42.1 Å². The Labute approximate surface area is 101 Å². The van der Waals surface area contributed by atoms with Crippen molar-refractivity contribution in [3.05, 3.63) is 0 Å². The molecule has 0 unspecified atom stereocenters. The van der Waals surface area contributed by atoms with Crippen molar-refractivity contribution in [1.29, 1.82) is 0 Å². The van der Waals surface area contributed by atoms with E-state index in [9.17, 15) is 9.59 Å².